The van der Waals surface area contributed by atoms with Crippen molar-refractivity contribution >= 4 is 23.9 Å². The van der Waals surface area contributed by atoms with E-state index in [1.165, 1.54) is 6.08 Å². The number of hydrogen-bond donors (Lipinski definition) is 3. The third-order valence-electron chi connectivity index (χ3n) is 5.21. The molecule has 12 nitrogen and oxygen atoms in total. The second-order valence-electron chi connectivity index (χ2n) is 8.54. The van der Waals surface area contributed by atoms with E-state index in [0.717, 1.165) is 12.8 Å². The molecule has 0 spiro atoms. The lowest BCUT2D eigenvalue weighted by atomic mass is 10.2. The molecule has 46 heavy (non-hydrogen) atoms. The molecule has 1 aromatic carbocycles. The maximum Gasteiger partial charge on any atom is 0.326 e. The van der Waals surface area contributed by atoms with Gasteiger partial charge in [0.1, 0.15) is 0 Å². The zero-order valence-electron chi connectivity index (χ0n) is 24.5. The quantitative estimate of drug-likeness (QED) is 0.0146. The average Bonchev–Trinajstić information content (AvgIpc) is 3.03. The molecule has 0 bridgehead atoms. The number of benzene rings is 1. The number of carbonyl (C=O) groups excluding carboxylic acids is 2. The van der Waals surface area contributed by atoms with Crippen molar-refractivity contribution in [3.8, 4) is 17.7 Å². The number of aliphatic imine (C=N–C) groups is 1. The van der Waals surface area contributed by atoms with Crippen LogP contribution in [0.2, 0.25) is 0 Å². The monoisotopic (exact) mass is 665 g/mol. The van der Waals surface area contributed by atoms with Crippen LogP contribution in [0, 0.1) is 41.1 Å². The number of unbranched alkanes of at least 4 members (excludes halogenated alkanes) is 1. The minimum Gasteiger partial charge on any atom is -0.420 e. The van der Waals surface area contributed by atoms with Crippen molar-refractivity contribution in [2.45, 2.75) is 33.1 Å². The van der Waals surface area contributed by atoms with E-state index < -0.39 is 47.2 Å². The SMILES string of the molecule is C.C=CC#CNC(=O)NCCCCN=C/C(CCOCCOCCOCCOCCC(=O)Oc1c(F)c(F)c(F)c(F)c1F)=N\N. The van der Waals surface area contributed by atoms with Gasteiger partial charge in [0.05, 0.1) is 65.0 Å². The molecular formula is C29H40F5N5O7. The molecule has 1 rings (SSSR count). The molecule has 1 aromatic rings. The number of hydrogen-bond acceptors (Lipinski definition) is 10. The number of urea groups is 1. The Kier molecular flexibility index (Phi) is 23.8. The molecule has 258 valence electrons. The lowest BCUT2D eigenvalue weighted by molar-refractivity contribution is -0.136. The van der Waals surface area contributed by atoms with Gasteiger partial charge in [-0.25, -0.2) is 18.0 Å². The fourth-order valence-corrected chi connectivity index (χ4v) is 2.98. The summed E-state index contributed by atoms with van der Waals surface area (Å²) in [5, 5.41) is 8.69. The van der Waals surface area contributed by atoms with Crippen molar-refractivity contribution in [1.29, 1.82) is 0 Å². The predicted molar refractivity (Wildman–Crippen MR) is 160 cm³/mol. The van der Waals surface area contributed by atoms with Crippen molar-refractivity contribution in [3.63, 3.8) is 0 Å². The molecule has 17 heteroatoms. The van der Waals surface area contributed by atoms with E-state index in [-0.39, 0.29) is 46.5 Å². The molecule has 0 aliphatic carbocycles. The van der Waals surface area contributed by atoms with Crippen molar-refractivity contribution in [1.82, 2.24) is 10.6 Å². The van der Waals surface area contributed by atoms with Gasteiger partial charge in [-0.3, -0.25) is 15.1 Å². The van der Waals surface area contributed by atoms with Crippen LogP contribution < -0.4 is 21.2 Å². The minimum atomic E-state index is -2.35. The van der Waals surface area contributed by atoms with Crippen molar-refractivity contribution in [2.24, 2.45) is 15.9 Å². The first-order valence-electron chi connectivity index (χ1n) is 13.7. The van der Waals surface area contributed by atoms with Gasteiger partial charge in [0, 0.05) is 31.8 Å². The van der Waals surface area contributed by atoms with E-state index in [9.17, 15) is 31.5 Å². The summed E-state index contributed by atoms with van der Waals surface area (Å²) in [5.41, 5.74) is 0.572. The molecule has 0 fully saturated rings. The van der Waals surface area contributed by atoms with Crippen LogP contribution in [0.4, 0.5) is 26.7 Å². The van der Waals surface area contributed by atoms with Crippen LogP contribution in [0.1, 0.15) is 33.1 Å². The van der Waals surface area contributed by atoms with Crippen LogP contribution in [0.25, 0.3) is 0 Å². The highest BCUT2D eigenvalue weighted by atomic mass is 19.2. The van der Waals surface area contributed by atoms with Gasteiger partial charge in [0.2, 0.25) is 34.8 Å². The molecule has 2 amide bonds. The van der Waals surface area contributed by atoms with Gasteiger partial charge in [-0.05, 0) is 18.9 Å². The Morgan fingerprint density at radius 3 is 1.87 bits per heavy atom. The summed E-state index contributed by atoms with van der Waals surface area (Å²) >= 11 is 0. The standard InChI is InChI=1S/C28H36F5N5O7.CH4/c1-2-3-9-36-28(40)37-10-5-4-8-35-19-20(38-34)6-11-41-13-15-43-17-18-44-16-14-42-12-7-21(39)45-27-25(32)23(30)22(29)24(31)26(27)33;/h2,19H,1,4-8,10-18,34H2,(H2,36,37,40);1H4/b35-19?,38-20-;. The Bertz CT molecular complexity index is 1180. The number of amides is 2. The van der Waals surface area contributed by atoms with Gasteiger partial charge in [-0.15, -0.1) is 0 Å². The molecule has 4 N–H and O–H groups in total. The lowest BCUT2D eigenvalue weighted by Gasteiger charge is -2.09. The zero-order valence-corrected chi connectivity index (χ0v) is 24.5. The molecular weight excluding hydrogens is 625 g/mol. The largest absolute Gasteiger partial charge is 0.420 e. The summed E-state index contributed by atoms with van der Waals surface area (Å²) in [6.45, 7) is 5.97. The zero-order chi connectivity index (χ0) is 33.3. The minimum absolute atomic E-state index is 0. The summed E-state index contributed by atoms with van der Waals surface area (Å²) < 4.78 is 91.8. The third kappa shape index (κ3) is 18.0. The Labute approximate surface area is 264 Å². The first-order chi connectivity index (χ1) is 21.7. The van der Waals surface area contributed by atoms with Gasteiger partial charge in [-0.1, -0.05) is 19.9 Å². The van der Waals surface area contributed by atoms with E-state index in [1.807, 2.05) is 0 Å². The molecule has 0 saturated heterocycles. The van der Waals surface area contributed by atoms with Crippen LogP contribution in [-0.2, 0) is 23.7 Å². The fourth-order valence-electron chi connectivity index (χ4n) is 2.98. The molecule has 0 atom stereocenters. The maximum atomic E-state index is 13.5. The summed E-state index contributed by atoms with van der Waals surface area (Å²) in [7, 11) is 0. The summed E-state index contributed by atoms with van der Waals surface area (Å²) in [6, 6.07) is 2.05. The van der Waals surface area contributed by atoms with Crippen LogP contribution in [0.5, 0.6) is 5.75 Å². The van der Waals surface area contributed by atoms with Gasteiger partial charge < -0.3 is 34.8 Å². The number of hydrazone groups is 1. The number of rotatable bonds is 22. The molecule has 0 aliphatic rings. The second-order valence-corrected chi connectivity index (χ2v) is 8.54. The number of nitrogens with zero attached hydrogens (tertiary/aromatic N) is 2. The van der Waals surface area contributed by atoms with Gasteiger partial charge in [0.15, 0.2) is 0 Å². The van der Waals surface area contributed by atoms with Gasteiger partial charge in [-0.2, -0.15) is 13.9 Å². The molecule has 0 unspecified atom stereocenters. The number of nitrogens with two attached hydrogens (primary N) is 1. The number of ether oxygens (including phenoxy) is 5. The number of halogens is 5. The number of allylic oxidation sites excluding steroid dienone is 1. The topological polar surface area (TPSA) is 155 Å². The van der Waals surface area contributed by atoms with E-state index in [1.54, 1.807) is 6.21 Å². The molecule has 0 aromatic heterocycles. The highest BCUT2D eigenvalue weighted by Gasteiger charge is 2.28. The second kappa shape index (κ2) is 26.1. The Morgan fingerprint density at radius 1 is 0.804 bits per heavy atom. The third-order valence-corrected chi connectivity index (χ3v) is 5.21. The summed E-state index contributed by atoms with van der Waals surface area (Å²) in [6.07, 6.45) is 4.41. The molecule has 0 radical (unpaired) electrons. The van der Waals surface area contributed by atoms with Crippen molar-refractivity contribution < 1.29 is 55.2 Å². The van der Waals surface area contributed by atoms with Gasteiger partial charge in [0.25, 0.3) is 0 Å². The Morgan fingerprint density at radius 2 is 1.33 bits per heavy atom. The van der Waals surface area contributed by atoms with Crippen molar-refractivity contribution in [3.05, 3.63) is 41.7 Å². The van der Waals surface area contributed by atoms with E-state index in [4.69, 9.17) is 24.8 Å². The summed E-state index contributed by atoms with van der Waals surface area (Å²) in [5.74, 6) is -6.31. The number of nitrogens with one attached hydrogen (secondary N) is 2. The molecule has 0 saturated carbocycles. The van der Waals surface area contributed by atoms with Crippen molar-refractivity contribution in [2.75, 3.05) is 65.9 Å². The Balaban J connectivity index is 0.0000202. The normalized spacial score (nSPS) is 11.0. The highest BCUT2D eigenvalue weighted by Crippen LogP contribution is 2.29. The lowest BCUT2D eigenvalue weighted by Crippen LogP contribution is -2.33. The van der Waals surface area contributed by atoms with Crippen LogP contribution >= 0.6 is 0 Å². The molecule has 0 heterocycles. The highest BCUT2D eigenvalue weighted by molar-refractivity contribution is 6.30. The Hall–Kier alpha value is -4.11. The number of carbonyl (C=O) groups is 2. The van der Waals surface area contributed by atoms with E-state index in [2.05, 4.69) is 44.0 Å². The smallest absolute Gasteiger partial charge is 0.326 e. The van der Waals surface area contributed by atoms with Crippen LogP contribution in [-0.4, -0.2) is 89.9 Å². The van der Waals surface area contributed by atoms with Gasteiger partial charge >= 0.3 is 12.0 Å². The first-order valence-corrected chi connectivity index (χ1v) is 13.7. The predicted octanol–water partition coefficient (Wildman–Crippen LogP) is 3.38. The summed E-state index contributed by atoms with van der Waals surface area (Å²) in [4.78, 5) is 27.3. The van der Waals surface area contributed by atoms with Crippen LogP contribution in [0.3, 0.4) is 0 Å². The first kappa shape index (κ1) is 41.9. The maximum absolute atomic E-state index is 13.5. The van der Waals surface area contributed by atoms with E-state index in [0.29, 0.717) is 45.0 Å². The van der Waals surface area contributed by atoms with E-state index >= 15 is 0 Å². The fraction of sp³-hybridized carbons (Fsp3) is 0.517. The molecule has 0 aliphatic heterocycles. The number of esters is 1. The average molecular weight is 666 g/mol. The van der Waals surface area contributed by atoms with Crippen LogP contribution in [0.15, 0.2) is 22.7 Å².